The number of nitrogens with one attached hydrogen (secondary N) is 1. The number of rotatable bonds is 6. The molecule has 2 amide bonds. The minimum absolute atomic E-state index is 0.0979. The van der Waals surface area contributed by atoms with E-state index >= 15 is 0 Å². The van der Waals surface area contributed by atoms with Crippen LogP contribution in [0, 0.1) is 5.92 Å². The first kappa shape index (κ1) is 30.6. The zero-order valence-corrected chi connectivity index (χ0v) is 22.7. The third kappa shape index (κ3) is 7.67. The Kier molecular flexibility index (Phi) is 9.85. The highest BCUT2D eigenvalue weighted by Gasteiger charge is 2.38. The van der Waals surface area contributed by atoms with Crippen LogP contribution in [-0.4, -0.2) is 86.6 Å². The van der Waals surface area contributed by atoms with Crippen LogP contribution in [0.2, 0.25) is 0 Å². The number of ether oxygens (including phenoxy) is 1. The maximum atomic E-state index is 13.5. The number of carboxylic acid groups (broad SMARTS) is 1. The van der Waals surface area contributed by atoms with E-state index in [-0.39, 0.29) is 17.6 Å². The Labute approximate surface area is 239 Å². The summed E-state index contributed by atoms with van der Waals surface area (Å²) in [4.78, 5) is 48.2. The molecular formula is C27H30F3N7O5. The van der Waals surface area contributed by atoms with Crippen LogP contribution in [0.4, 0.5) is 18.9 Å². The number of hydrogen-bond acceptors (Lipinski definition) is 8. The standard InChI is InChI=1S/C25H29N7O3.C2HF3O2/c1-30-17-28-23(29-30)25(34)32-12-11-31(15-19-6-2-3-8-21(19)32)22(20-7-4-5-10-26-20)24(33)27-14-18-9-13-35-16-18;3-2(4,5)1(6)7/h2-8,10,17-18,22H,9,11-16H2,1H3,(H,27,33);(H,6,7). The van der Waals surface area contributed by atoms with E-state index in [4.69, 9.17) is 14.6 Å². The minimum atomic E-state index is -5.08. The summed E-state index contributed by atoms with van der Waals surface area (Å²) in [5.41, 5.74) is 2.43. The third-order valence-electron chi connectivity index (χ3n) is 6.72. The van der Waals surface area contributed by atoms with Crippen LogP contribution in [0.25, 0.3) is 0 Å². The molecule has 15 heteroatoms. The number of anilines is 1. The van der Waals surface area contributed by atoms with Crippen LogP contribution < -0.4 is 10.2 Å². The minimum Gasteiger partial charge on any atom is -0.475 e. The highest BCUT2D eigenvalue weighted by molar-refractivity contribution is 6.04. The van der Waals surface area contributed by atoms with Crippen molar-refractivity contribution in [1.82, 2.24) is 30.0 Å². The number of carboxylic acids is 1. The SMILES string of the molecule is Cn1cnc(C(=O)N2CCN(C(C(=O)NCC3CCOC3)c3ccccn3)Cc3ccccc32)n1.O=C(O)C(F)(F)F. The van der Waals surface area contributed by atoms with E-state index in [9.17, 15) is 22.8 Å². The summed E-state index contributed by atoms with van der Waals surface area (Å²) in [5, 5.41) is 14.4. The summed E-state index contributed by atoms with van der Waals surface area (Å²) in [6.07, 6.45) is -0.918. The highest BCUT2D eigenvalue weighted by atomic mass is 19.4. The molecule has 3 aromatic rings. The van der Waals surface area contributed by atoms with Gasteiger partial charge in [0.15, 0.2) is 0 Å². The zero-order valence-electron chi connectivity index (χ0n) is 22.7. The highest BCUT2D eigenvalue weighted by Crippen LogP contribution is 2.30. The third-order valence-corrected chi connectivity index (χ3v) is 6.72. The summed E-state index contributed by atoms with van der Waals surface area (Å²) in [6, 6.07) is 12.8. The van der Waals surface area contributed by atoms with Gasteiger partial charge in [-0.2, -0.15) is 13.2 Å². The van der Waals surface area contributed by atoms with Gasteiger partial charge in [0.25, 0.3) is 5.91 Å². The van der Waals surface area contributed by atoms with Gasteiger partial charge in [0.05, 0.1) is 12.3 Å². The summed E-state index contributed by atoms with van der Waals surface area (Å²) >= 11 is 0. The fourth-order valence-corrected chi connectivity index (χ4v) is 4.65. The van der Waals surface area contributed by atoms with Crippen molar-refractivity contribution in [2.45, 2.75) is 25.2 Å². The van der Waals surface area contributed by atoms with E-state index in [1.807, 2.05) is 42.5 Å². The number of aromatic nitrogens is 4. The molecule has 42 heavy (non-hydrogen) atoms. The van der Waals surface area contributed by atoms with Crippen molar-refractivity contribution in [2.24, 2.45) is 13.0 Å². The molecule has 2 aliphatic rings. The quantitative estimate of drug-likeness (QED) is 0.442. The van der Waals surface area contributed by atoms with E-state index < -0.39 is 18.2 Å². The number of para-hydroxylation sites is 1. The lowest BCUT2D eigenvalue weighted by Gasteiger charge is -2.29. The molecule has 1 fully saturated rings. The van der Waals surface area contributed by atoms with Crippen LogP contribution >= 0.6 is 0 Å². The molecule has 224 valence electrons. The Morgan fingerprint density at radius 2 is 1.86 bits per heavy atom. The first-order chi connectivity index (χ1) is 20.0. The zero-order chi connectivity index (χ0) is 30.3. The largest absolute Gasteiger partial charge is 0.490 e. The van der Waals surface area contributed by atoms with E-state index in [1.54, 1.807) is 18.1 Å². The molecule has 2 atom stereocenters. The lowest BCUT2D eigenvalue weighted by molar-refractivity contribution is -0.192. The van der Waals surface area contributed by atoms with E-state index in [0.29, 0.717) is 44.4 Å². The molecule has 4 heterocycles. The number of amides is 2. The van der Waals surface area contributed by atoms with E-state index in [2.05, 4.69) is 25.3 Å². The molecule has 2 aromatic heterocycles. The van der Waals surface area contributed by atoms with Gasteiger partial charge in [-0.05, 0) is 30.2 Å². The van der Waals surface area contributed by atoms with Crippen molar-refractivity contribution >= 4 is 23.5 Å². The van der Waals surface area contributed by atoms with Crippen LogP contribution in [0.5, 0.6) is 0 Å². The average Bonchev–Trinajstić information content (AvgIpc) is 3.61. The second kappa shape index (κ2) is 13.5. The Morgan fingerprint density at radius 1 is 1.12 bits per heavy atom. The molecular weight excluding hydrogens is 559 g/mol. The summed E-state index contributed by atoms with van der Waals surface area (Å²) in [6.45, 7) is 3.35. The predicted molar refractivity (Wildman–Crippen MR) is 142 cm³/mol. The van der Waals surface area contributed by atoms with Gasteiger partial charge >= 0.3 is 12.1 Å². The Balaban J connectivity index is 0.000000517. The van der Waals surface area contributed by atoms with Gasteiger partial charge < -0.3 is 20.1 Å². The molecule has 2 N–H and O–H groups in total. The van der Waals surface area contributed by atoms with Crippen molar-refractivity contribution in [2.75, 3.05) is 37.7 Å². The molecule has 0 spiro atoms. The number of fused-ring (bicyclic) bond motifs is 1. The fourth-order valence-electron chi connectivity index (χ4n) is 4.65. The number of pyridine rings is 1. The Bertz CT molecular complexity index is 1380. The topological polar surface area (TPSA) is 143 Å². The number of nitrogens with zero attached hydrogens (tertiary/aromatic N) is 6. The van der Waals surface area contributed by atoms with Gasteiger partial charge in [0.1, 0.15) is 12.4 Å². The molecule has 0 aliphatic carbocycles. The lowest BCUT2D eigenvalue weighted by Crippen LogP contribution is -2.44. The number of benzene rings is 1. The number of halogens is 3. The maximum Gasteiger partial charge on any atom is 0.490 e. The maximum absolute atomic E-state index is 13.5. The smallest absolute Gasteiger partial charge is 0.475 e. The second-order valence-electron chi connectivity index (χ2n) is 9.73. The lowest BCUT2D eigenvalue weighted by atomic mass is 10.1. The molecule has 5 rings (SSSR count). The van der Waals surface area contributed by atoms with Gasteiger partial charge in [-0.1, -0.05) is 24.3 Å². The Hall–Kier alpha value is -4.37. The van der Waals surface area contributed by atoms with Crippen LogP contribution in [-0.2, 0) is 27.9 Å². The van der Waals surface area contributed by atoms with Gasteiger partial charge in [0, 0.05) is 57.6 Å². The monoisotopic (exact) mass is 589 g/mol. The van der Waals surface area contributed by atoms with Gasteiger partial charge in [-0.3, -0.25) is 24.2 Å². The van der Waals surface area contributed by atoms with Crippen molar-refractivity contribution in [1.29, 1.82) is 0 Å². The first-order valence-electron chi connectivity index (χ1n) is 13.1. The van der Waals surface area contributed by atoms with E-state index in [0.717, 1.165) is 24.3 Å². The predicted octanol–water partition coefficient (Wildman–Crippen LogP) is 2.20. The number of aryl methyl sites for hydroxylation is 1. The molecule has 2 unspecified atom stereocenters. The van der Waals surface area contributed by atoms with E-state index in [1.165, 1.54) is 11.0 Å². The second-order valence-corrected chi connectivity index (χ2v) is 9.73. The normalized spacial score (nSPS) is 17.8. The van der Waals surface area contributed by atoms with Crippen molar-refractivity contribution in [3.63, 3.8) is 0 Å². The fraction of sp³-hybridized carbons (Fsp3) is 0.407. The van der Waals surface area contributed by atoms with Gasteiger partial charge in [-0.25, -0.2) is 9.78 Å². The number of alkyl halides is 3. The number of hydrogen-bond donors (Lipinski definition) is 2. The molecule has 12 nitrogen and oxygen atoms in total. The summed E-state index contributed by atoms with van der Waals surface area (Å²) < 4.78 is 38.7. The van der Waals surface area contributed by atoms with Crippen LogP contribution in [0.3, 0.4) is 0 Å². The van der Waals surface area contributed by atoms with Crippen LogP contribution in [0.1, 0.15) is 34.3 Å². The summed E-state index contributed by atoms with van der Waals surface area (Å²) in [7, 11) is 1.73. The van der Waals surface area contributed by atoms with Gasteiger partial charge in [-0.15, -0.1) is 5.10 Å². The Morgan fingerprint density at radius 3 is 2.48 bits per heavy atom. The molecule has 0 radical (unpaired) electrons. The summed E-state index contributed by atoms with van der Waals surface area (Å²) in [5.74, 6) is -2.65. The average molecular weight is 590 g/mol. The number of aliphatic carboxylic acids is 1. The van der Waals surface area contributed by atoms with Crippen molar-refractivity contribution in [3.05, 3.63) is 72.1 Å². The van der Waals surface area contributed by atoms with Crippen LogP contribution in [0.15, 0.2) is 55.0 Å². The number of carbonyl (C=O) groups is 3. The van der Waals surface area contributed by atoms with Crippen molar-refractivity contribution in [3.8, 4) is 0 Å². The molecule has 1 aromatic carbocycles. The van der Waals surface area contributed by atoms with Gasteiger partial charge in [0.2, 0.25) is 11.7 Å². The molecule has 2 aliphatic heterocycles. The molecule has 0 saturated carbocycles. The van der Waals surface area contributed by atoms with Crippen molar-refractivity contribution < 1.29 is 37.4 Å². The number of carbonyl (C=O) groups excluding carboxylic acids is 2. The molecule has 1 saturated heterocycles. The first-order valence-corrected chi connectivity index (χ1v) is 13.1. The molecule has 0 bridgehead atoms.